The van der Waals surface area contributed by atoms with Crippen molar-refractivity contribution in [1.82, 2.24) is 10.1 Å². The predicted octanol–water partition coefficient (Wildman–Crippen LogP) is 8.09. The quantitative estimate of drug-likeness (QED) is 0.217. The third-order valence-corrected chi connectivity index (χ3v) is 6.69. The number of hydrogen-bond acceptors (Lipinski definition) is 5. The van der Waals surface area contributed by atoms with Crippen molar-refractivity contribution in [3.8, 4) is 28.1 Å². The molecule has 186 valence electrons. The van der Waals surface area contributed by atoms with Gasteiger partial charge in [-0.2, -0.15) is 0 Å². The van der Waals surface area contributed by atoms with Gasteiger partial charge in [-0.3, -0.25) is 0 Å². The fraction of sp³-hybridized carbons (Fsp3) is 0.138. The Morgan fingerprint density at radius 2 is 1.70 bits per heavy atom. The summed E-state index contributed by atoms with van der Waals surface area (Å²) in [6.07, 6.45) is 3.19. The molecule has 0 aliphatic rings. The number of hydrogen-bond donors (Lipinski definition) is 1. The number of aryl methyl sites for hydroxylation is 1. The molecule has 37 heavy (non-hydrogen) atoms. The minimum Gasteiger partial charge on any atom is -0.489 e. The second-order valence-corrected chi connectivity index (χ2v) is 9.34. The smallest absolute Gasteiger partial charge is 0.354 e. The first kappa shape index (κ1) is 24.8. The minimum atomic E-state index is -1.04. The Balaban J connectivity index is 1.37. The van der Waals surface area contributed by atoms with E-state index >= 15 is 0 Å². The van der Waals surface area contributed by atoms with Crippen LogP contribution in [0.4, 0.5) is 0 Å². The number of fused-ring (bicyclic) bond motifs is 1. The molecule has 0 fully saturated rings. The third-order valence-electron chi connectivity index (χ3n) is 6.06. The van der Waals surface area contributed by atoms with E-state index in [-0.39, 0.29) is 12.3 Å². The van der Waals surface area contributed by atoms with E-state index in [0.29, 0.717) is 27.1 Å². The summed E-state index contributed by atoms with van der Waals surface area (Å²) in [7, 11) is 0. The molecule has 0 spiro atoms. The fourth-order valence-electron chi connectivity index (χ4n) is 4.17. The molecule has 0 aliphatic heterocycles. The van der Waals surface area contributed by atoms with E-state index < -0.39 is 5.97 Å². The van der Waals surface area contributed by atoms with Gasteiger partial charge in [-0.05, 0) is 59.3 Å². The summed E-state index contributed by atoms with van der Waals surface area (Å²) in [4.78, 5) is 15.2. The molecule has 2 heterocycles. The zero-order chi connectivity index (χ0) is 25.9. The SMILES string of the molecule is CCCc1onc(-c2c(Cl)cccc2Cl)c1COc1ccc(-c2ccc3cc(C(=O)O)ncc3c2)cc1. The fourth-order valence-corrected chi connectivity index (χ4v) is 4.75. The normalized spacial score (nSPS) is 11.1. The Hall–Kier alpha value is -3.87. The van der Waals surface area contributed by atoms with Gasteiger partial charge in [0.2, 0.25) is 0 Å². The molecule has 0 saturated heterocycles. The van der Waals surface area contributed by atoms with Crippen LogP contribution in [0.1, 0.15) is 35.2 Å². The van der Waals surface area contributed by atoms with Crippen LogP contribution in [0, 0.1) is 0 Å². The summed E-state index contributed by atoms with van der Waals surface area (Å²) < 4.78 is 11.8. The summed E-state index contributed by atoms with van der Waals surface area (Å²) in [5.41, 5.74) is 4.06. The van der Waals surface area contributed by atoms with Gasteiger partial charge in [0, 0.05) is 23.6 Å². The van der Waals surface area contributed by atoms with Crippen LogP contribution in [0.5, 0.6) is 5.75 Å². The van der Waals surface area contributed by atoms with Gasteiger partial charge in [-0.25, -0.2) is 9.78 Å². The van der Waals surface area contributed by atoms with E-state index in [4.69, 9.17) is 37.6 Å². The first-order chi connectivity index (χ1) is 17.9. The van der Waals surface area contributed by atoms with Crippen molar-refractivity contribution in [3.63, 3.8) is 0 Å². The highest BCUT2D eigenvalue weighted by atomic mass is 35.5. The van der Waals surface area contributed by atoms with Gasteiger partial charge in [0.05, 0.1) is 15.6 Å². The van der Waals surface area contributed by atoms with Crippen molar-refractivity contribution < 1.29 is 19.2 Å². The zero-order valence-corrected chi connectivity index (χ0v) is 21.4. The number of carboxylic acids is 1. The number of aromatic nitrogens is 2. The van der Waals surface area contributed by atoms with Crippen LogP contribution in [-0.4, -0.2) is 21.2 Å². The lowest BCUT2D eigenvalue weighted by atomic mass is 10.0. The minimum absolute atomic E-state index is 0.0247. The number of ether oxygens (including phenoxy) is 1. The zero-order valence-electron chi connectivity index (χ0n) is 19.9. The average Bonchev–Trinajstić information content (AvgIpc) is 3.29. The van der Waals surface area contributed by atoms with E-state index in [1.54, 1.807) is 30.5 Å². The van der Waals surface area contributed by atoms with Gasteiger partial charge < -0.3 is 14.4 Å². The summed E-state index contributed by atoms with van der Waals surface area (Å²) in [5, 5.41) is 16.1. The van der Waals surface area contributed by atoms with Crippen LogP contribution in [-0.2, 0) is 13.0 Å². The maximum atomic E-state index is 11.2. The van der Waals surface area contributed by atoms with Gasteiger partial charge in [-0.1, -0.05) is 65.6 Å². The van der Waals surface area contributed by atoms with E-state index in [9.17, 15) is 4.79 Å². The molecule has 8 heteroatoms. The molecule has 5 aromatic rings. The monoisotopic (exact) mass is 532 g/mol. The van der Waals surface area contributed by atoms with Crippen molar-refractivity contribution in [2.75, 3.05) is 0 Å². The van der Waals surface area contributed by atoms with Gasteiger partial charge >= 0.3 is 5.97 Å². The van der Waals surface area contributed by atoms with Crippen LogP contribution < -0.4 is 4.74 Å². The molecular weight excluding hydrogens is 511 g/mol. The van der Waals surface area contributed by atoms with Crippen LogP contribution in [0.2, 0.25) is 10.0 Å². The molecule has 0 amide bonds. The predicted molar refractivity (Wildman–Crippen MR) is 144 cm³/mol. The molecule has 0 radical (unpaired) electrons. The van der Waals surface area contributed by atoms with Crippen LogP contribution in [0.15, 0.2) is 77.4 Å². The lowest BCUT2D eigenvalue weighted by Crippen LogP contribution is -2.00. The van der Waals surface area contributed by atoms with Crippen LogP contribution in [0.25, 0.3) is 33.2 Å². The van der Waals surface area contributed by atoms with Crippen LogP contribution >= 0.6 is 23.2 Å². The molecule has 0 aliphatic carbocycles. The van der Waals surface area contributed by atoms with Gasteiger partial charge in [0.1, 0.15) is 29.5 Å². The Morgan fingerprint density at radius 3 is 2.41 bits per heavy atom. The maximum Gasteiger partial charge on any atom is 0.354 e. The maximum absolute atomic E-state index is 11.2. The van der Waals surface area contributed by atoms with E-state index in [1.165, 1.54) is 0 Å². The Kier molecular flexibility index (Phi) is 7.12. The summed E-state index contributed by atoms with van der Waals surface area (Å²) in [5.74, 6) is 0.398. The molecule has 0 unspecified atom stereocenters. The van der Waals surface area contributed by atoms with Crippen molar-refractivity contribution in [2.24, 2.45) is 0 Å². The molecule has 5 rings (SSSR count). The number of carboxylic acid groups (broad SMARTS) is 1. The van der Waals surface area contributed by atoms with Gasteiger partial charge in [-0.15, -0.1) is 0 Å². The molecule has 0 atom stereocenters. The number of nitrogens with zero attached hydrogens (tertiary/aromatic N) is 2. The molecule has 0 saturated carbocycles. The van der Waals surface area contributed by atoms with Crippen molar-refractivity contribution in [3.05, 3.63) is 100.0 Å². The number of carbonyl (C=O) groups is 1. The first-order valence-corrected chi connectivity index (χ1v) is 12.5. The van der Waals surface area contributed by atoms with Crippen LogP contribution in [0.3, 0.4) is 0 Å². The van der Waals surface area contributed by atoms with Gasteiger partial charge in [0.15, 0.2) is 0 Å². The highest BCUT2D eigenvalue weighted by Crippen LogP contribution is 2.37. The Bertz CT molecular complexity index is 1580. The molecule has 6 nitrogen and oxygen atoms in total. The third kappa shape index (κ3) is 5.17. The van der Waals surface area contributed by atoms with E-state index in [2.05, 4.69) is 17.1 Å². The summed E-state index contributed by atoms with van der Waals surface area (Å²) in [6, 6.07) is 20.5. The van der Waals surface area contributed by atoms with Gasteiger partial charge in [0.25, 0.3) is 0 Å². The topological polar surface area (TPSA) is 85.5 Å². The second kappa shape index (κ2) is 10.6. The number of benzene rings is 3. The Morgan fingerprint density at radius 1 is 0.973 bits per heavy atom. The molecular formula is C29H22Cl2N2O4. The first-order valence-electron chi connectivity index (χ1n) is 11.7. The highest BCUT2D eigenvalue weighted by molar-refractivity contribution is 6.39. The number of rotatable bonds is 8. The lowest BCUT2D eigenvalue weighted by molar-refractivity contribution is 0.0690. The number of halogens is 2. The average molecular weight is 533 g/mol. The molecule has 1 N–H and O–H groups in total. The van der Waals surface area contributed by atoms with Crippen molar-refractivity contribution in [1.29, 1.82) is 0 Å². The largest absolute Gasteiger partial charge is 0.489 e. The second-order valence-electron chi connectivity index (χ2n) is 8.53. The summed E-state index contributed by atoms with van der Waals surface area (Å²) >= 11 is 12.9. The molecule has 3 aromatic carbocycles. The van der Waals surface area contributed by atoms with E-state index in [0.717, 1.165) is 46.1 Å². The molecule has 0 bridgehead atoms. The van der Waals surface area contributed by atoms with Crippen molar-refractivity contribution >= 4 is 39.9 Å². The highest BCUT2D eigenvalue weighted by Gasteiger charge is 2.22. The Labute approximate surface area is 223 Å². The molecule has 2 aromatic heterocycles. The standard InChI is InChI=1S/C29H22Cl2N2O4/c1-2-4-26-22(28(33-37-26)27-23(30)5-3-6-24(27)31)16-36-21-11-9-17(10-12-21)18-7-8-19-14-25(29(34)35)32-15-20(19)13-18/h3,5-15H,2,4,16H2,1H3,(H,34,35). The number of pyridine rings is 1. The number of aromatic carboxylic acids is 1. The van der Waals surface area contributed by atoms with Crippen molar-refractivity contribution in [2.45, 2.75) is 26.4 Å². The lowest BCUT2D eigenvalue weighted by Gasteiger charge is -2.10. The van der Waals surface area contributed by atoms with E-state index in [1.807, 2.05) is 42.5 Å². The summed E-state index contributed by atoms with van der Waals surface area (Å²) in [6.45, 7) is 2.32.